The van der Waals surface area contributed by atoms with Crippen molar-refractivity contribution in [1.82, 2.24) is 10.2 Å². The number of nitrogens with zero attached hydrogens (tertiary/aromatic N) is 1. The lowest BCUT2D eigenvalue weighted by molar-refractivity contribution is -0.147. The van der Waals surface area contributed by atoms with Gasteiger partial charge in [0.05, 0.1) is 24.1 Å². The lowest BCUT2D eigenvalue weighted by Gasteiger charge is -2.34. The fraction of sp³-hybridized carbons (Fsp3) is 0.550. The number of hydrogen-bond donors (Lipinski definition) is 1. The molecular formula is C20H27BrN2O5. The van der Waals surface area contributed by atoms with Gasteiger partial charge in [0.2, 0.25) is 5.91 Å². The maximum absolute atomic E-state index is 13.0. The number of halogens is 1. The summed E-state index contributed by atoms with van der Waals surface area (Å²) in [7, 11) is 0. The molecule has 1 atom stereocenters. The van der Waals surface area contributed by atoms with Crippen molar-refractivity contribution in [2.24, 2.45) is 0 Å². The Labute approximate surface area is 173 Å². The summed E-state index contributed by atoms with van der Waals surface area (Å²) in [5, 5.41) is 2.71. The molecule has 1 aromatic carbocycles. The van der Waals surface area contributed by atoms with E-state index in [-0.39, 0.29) is 18.2 Å². The molecule has 0 spiro atoms. The molecule has 28 heavy (non-hydrogen) atoms. The molecule has 0 aliphatic carbocycles. The maximum Gasteiger partial charge on any atom is 0.308 e. The number of hydrogen-bond acceptors (Lipinski definition) is 5. The molecule has 1 heterocycles. The Hall–Kier alpha value is -2.09. The summed E-state index contributed by atoms with van der Waals surface area (Å²) >= 11 is 3.44. The third-order valence-corrected chi connectivity index (χ3v) is 4.97. The Bertz CT molecular complexity index is 710. The van der Waals surface area contributed by atoms with Gasteiger partial charge in [-0.1, -0.05) is 20.3 Å². The van der Waals surface area contributed by atoms with Crippen LogP contribution in [-0.4, -0.2) is 55.0 Å². The molecule has 0 radical (unpaired) electrons. The summed E-state index contributed by atoms with van der Waals surface area (Å²) in [6.45, 7) is 5.57. The third-order valence-electron chi connectivity index (χ3n) is 4.35. The first-order chi connectivity index (χ1) is 13.5. The van der Waals surface area contributed by atoms with E-state index in [1.165, 1.54) is 4.90 Å². The summed E-state index contributed by atoms with van der Waals surface area (Å²) in [5.41, 5.74) is 0.427. The molecule has 1 aromatic rings. The van der Waals surface area contributed by atoms with Crippen molar-refractivity contribution in [2.45, 2.75) is 45.6 Å². The summed E-state index contributed by atoms with van der Waals surface area (Å²) in [6.07, 6.45) is 2.53. The zero-order chi connectivity index (χ0) is 20.5. The Morgan fingerprint density at radius 2 is 2.04 bits per heavy atom. The molecule has 2 rings (SSSR count). The van der Waals surface area contributed by atoms with E-state index >= 15 is 0 Å². The zero-order valence-corrected chi connectivity index (χ0v) is 17.9. The van der Waals surface area contributed by atoms with Crippen LogP contribution in [0.1, 0.15) is 49.9 Å². The number of esters is 1. The van der Waals surface area contributed by atoms with Crippen LogP contribution in [0.3, 0.4) is 0 Å². The lowest BCUT2D eigenvalue weighted by atomic mass is 10.1. The first-order valence-electron chi connectivity index (χ1n) is 9.64. The van der Waals surface area contributed by atoms with Crippen LogP contribution in [0.5, 0.6) is 5.75 Å². The molecule has 7 nitrogen and oxygen atoms in total. The lowest BCUT2D eigenvalue weighted by Crippen LogP contribution is -2.57. The molecule has 1 fully saturated rings. The van der Waals surface area contributed by atoms with E-state index in [0.717, 1.165) is 12.8 Å². The molecular weight excluding hydrogens is 428 g/mol. The van der Waals surface area contributed by atoms with Gasteiger partial charge in [0.25, 0.3) is 5.91 Å². The van der Waals surface area contributed by atoms with Crippen molar-refractivity contribution in [2.75, 3.05) is 26.3 Å². The van der Waals surface area contributed by atoms with Crippen LogP contribution in [0.25, 0.3) is 0 Å². The smallest absolute Gasteiger partial charge is 0.308 e. The van der Waals surface area contributed by atoms with E-state index < -0.39 is 12.0 Å². The van der Waals surface area contributed by atoms with E-state index in [1.807, 2.05) is 6.92 Å². The second-order valence-corrected chi connectivity index (χ2v) is 7.43. The number of rotatable bonds is 9. The summed E-state index contributed by atoms with van der Waals surface area (Å²) in [4.78, 5) is 38.7. The average molecular weight is 455 g/mol. The average Bonchev–Trinajstić information content (AvgIpc) is 2.68. The van der Waals surface area contributed by atoms with Crippen molar-refractivity contribution in [3.63, 3.8) is 0 Å². The van der Waals surface area contributed by atoms with Crippen LogP contribution in [0.15, 0.2) is 22.7 Å². The standard InChI is InChI=1S/C20H27BrN2O5/c1-3-5-11-27-17-7-6-14(12-15(17)21)20(26)23-9-8-22-19(25)16(23)13-18(24)28-10-4-2/h6-7,12,16H,3-5,8-11,13H2,1-2H3,(H,22,25). The second kappa shape index (κ2) is 11.0. The van der Waals surface area contributed by atoms with Crippen molar-refractivity contribution in [3.8, 4) is 5.75 Å². The van der Waals surface area contributed by atoms with Crippen molar-refractivity contribution < 1.29 is 23.9 Å². The molecule has 8 heteroatoms. The van der Waals surface area contributed by atoms with Crippen LogP contribution in [-0.2, 0) is 14.3 Å². The highest BCUT2D eigenvalue weighted by Crippen LogP contribution is 2.27. The van der Waals surface area contributed by atoms with E-state index in [0.29, 0.717) is 48.5 Å². The second-order valence-electron chi connectivity index (χ2n) is 6.58. The van der Waals surface area contributed by atoms with Gasteiger partial charge in [-0.25, -0.2) is 0 Å². The molecule has 1 aliphatic rings. The number of unbranched alkanes of at least 4 members (excludes halogenated alkanes) is 1. The van der Waals surface area contributed by atoms with E-state index in [2.05, 4.69) is 28.2 Å². The van der Waals surface area contributed by atoms with Gasteiger partial charge in [0.1, 0.15) is 11.8 Å². The molecule has 2 amide bonds. The van der Waals surface area contributed by atoms with E-state index in [9.17, 15) is 14.4 Å². The Morgan fingerprint density at radius 3 is 2.71 bits per heavy atom. The van der Waals surface area contributed by atoms with Crippen molar-refractivity contribution in [1.29, 1.82) is 0 Å². The predicted octanol–water partition coefficient (Wildman–Crippen LogP) is 2.91. The SMILES string of the molecule is CCCCOc1ccc(C(=O)N2CCNC(=O)C2CC(=O)OCCC)cc1Br. The topological polar surface area (TPSA) is 84.9 Å². The van der Waals surface area contributed by atoms with Gasteiger partial charge >= 0.3 is 5.97 Å². The number of amides is 2. The molecule has 1 N–H and O–H groups in total. The number of carbonyl (C=O) groups is 3. The minimum atomic E-state index is -0.870. The quantitative estimate of drug-likeness (QED) is 0.457. The number of nitrogens with one attached hydrogen (secondary N) is 1. The van der Waals surface area contributed by atoms with Crippen LogP contribution >= 0.6 is 15.9 Å². The van der Waals surface area contributed by atoms with Crippen LogP contribution in [0.2, 0.25) is 0 Å². The van der Waals surface area contributed by atoms with Crippen molar-refractivity contribution >= 4 is 33.7 Å². The van der Waals surface area contributed by atoms with Gasteiger partial charge in [0.15, 0.2) is 0 Å². The predicted molar refractivity (Wildman–Crippen MR) is 108 cm³/mol. The van der Waals surface area contributed by atoms with Crippen LogP contribution < -0.4 is 10.1 Å². The number of carbonyl (C=O) groups excluding carboxylic acids is 3. The van der Waals surface area contributed by atoms with Gasteiger partial charge in [0, 0.05) is 18.7 Å². The van der Waals surface area contributed by atoms with E-state index in [4.69, 9.17) is 9.47 Å². The molecule has 1 unspecified atom stereocenters. The van der Waals surface area contributed by atoms with Gasteiger partial charge < -0.3 is 19.7 Å². The Kier molecular flexibility index (Phi) is 8.76. The van der Waals surface area contributed by atoms with Gasteiger partial charge in [-0.05, 0) is 47.0 Å². The zero-order valence-electron chi connectivity index (χ0n) is 16.3. The third kappa shape index (κ3) is 5.95. The summed E-state index contributed by atoms with van der Waals surface area (Å²) in [5.74, 6) is -0.459. The first-order valence-corrected chi connectivity index (χ1v) is 10.4. The minimum absolute atomic E-state index is 0.156. The van der Waals surface area contributed by atoms with Crippen molar-refractivity contribution in [3.05, 3.63) is 28.2 Å². The largest absolute Gasteiger partial charge is 0.492 e. The van der Waals surface area contributed by atoms with Gasteiger partial charge in [-0.15, -0.1) is 0 Å². The first kappa shape index (κ1) is 22.2. The molecule has 154 valence electrons. The number of piperazine rings is 1. The number of benzene rings is 1. The molecule has 0 aromatic heterocycles. The van der Waals surface area contributed by atoms with Gasteiger partial charge in [-0.3, -0.25) is 14.4 Å². The molecule has 1 saturated heterocycles. The highest BCUT2D eigenvalue weighted by molar-refractivity contribution is 9.10. The maximum atomic E-state index is 13.0. The van der Waals surface area contributed by atoms with Gasteiger partial charge in [-0.2, -0.15) is 0 Å². The molecule has 0 saturated carbocycles. The Balaban J connectivity index is 2.12. The van der Waals surface area contributed by atoms with E-state index in [1.54, 1.807) is 18.2 Å². The monoisotopic (exact) mass is 454 g/mol. The minimum Gasteiger partial charge on any atom is -0.492 e. The summed E-state index contributed by atoms with van der Waals surface area (Å²) in [6, 6.07) is 4.22. The van der Waals surface area contributed by atoms with Crippen LogP contribution in [0, 0.1) is 0 Å². The normalized spacial score (nSPS) is 16.5. The summed E-state index contributed by atoms with van der Waals surface area (Å²) < 4.78 is 11.4. The highest BCUT2D eigenvalue weighted by atomic mass is 79.9. The molecule has 1 aliphatic heterocycles. The number of ether oxygens (including phenoxy) is 2. The van der Waals surface area contributed by atoms with Crippen LogP contribution in [0.4, 0.5) is 0 Å². The highest BCUT2D eigenvalue weighted by Gasteiger charge is 2.35. The Morgan fingerprint density at radius 1 is 1.25 bits per heavy atom. The fourth-order valence-corrected chi connectivity index (χ4v) is 3.33. The fourth-order valence-electron chi connectivity index (χ4n) is 2.84. The molecule has 0 bridgehead atoms.